The van der Waals surface area contributed by atoms with Gasteiger partial charge in [0.05, 0.1) is 33.8 Å². The van der Waals surface area contributed by atoms with Crippen molar-refractivity contribution in [1.29, 1.82) is 0 Å². The van der Waals surface area contributed by atoms with Crippen LogP contribution in [0.4, 0.5) is 0 Å². The second-order valence-corrected chi connectivity index (χ2v) is 23.3. The number of esters is 1. The molecule has 0 rings (SSSR count). The minimum atomic E-state index is -4.43. The van der Waals surface area contributed by atoms with Crippen LogP contribution in [-0.2, 0) is 27.9 Å². The number of rotatable bonds is 55. The van der Waals surface area contributed by atoms with Crippen molar-refractivity contribution in [3.63, 3.8) is 0 Å². The topological polar surface area (TPSA) is 111 Å². The normalized spacial score (nSPS) is 13.8. The van der Waals surface area contributed by atoms with Crippen molar-refractivity contribution in [2.45, 2.75) is 315 Å². The van der Waals surface area contributed by atoms with E-state index in [-0.39, 0.29) is 25.1 Å². The van der Waals surface area contributed by atoms with Crippen molar-refractivity contribution in [3.8, 4) is 0 Å². The Morgan fingerprint density at radius 1 is 0.493 bits per heavy atom. The van der Waals surface area contributed by atoms with Gasteiger partial charge in [0.2, 0.25) is 5.91 Å². The molecule has 10 heteroatoms. The maximum Gasteiger partial charge on any atom is 0.472 e. The lowest BCUT2D eigenvalue weighted by atomic mass is 10.0. The fraction of sp³-hybridized carbons (Fsp3) is 0.932. The summed E-state index contributed by atoms with van der Waals surface area (Å²) in [4.78, 5) is 37.6. The van der Waals surface area contributed by atoms with E-state index in [1.54, 1.807) is 0 Å². The fourth-order valence-corrected chi connectivity index (χ4v) is 9.80. The first kappa shape index (κ1) is 67.8. The lowest BCUT2D eigenvalue weighted by Gasteiger charge is -2.27. The molecule has 0 bridgehead atoms. The molecule has 0 aromatic carbocycles. The summed E-state index contributed by atoms with van der Waals surface area (Å²) in [5.74, 6) is -0.486. The predicted molar refractivity (Wildman–Crippen MR) is 296 cm³/mol. The largest absolute Gasteiger partial charge is 0.472 e. The van der Waals surface area contributed by atoms with E-state index in [4.69, 9.17) is 13.8 Å². The quantitative estimate of drug-likeness (QED) is 0.0205. The second kappa shape index (κ2) is 50.3. The van der Waals surface area contributed by atoms with Crippen LogP contribution >= 0.6 is 7.82 Å². The molecule has 1 amide bonds. The maximum atomic E-state index is 13.5. The third kappa shape index (κ3) is 51.5. The monoisotopic (exact) mass is 998 g/mol. The summed E-state index contributed by atoms with van der Waals surface area (Å²) in [6.07, 6.45) is 56.3. The summed E-state index contributed by atoms with van der Waals surface area (Å²) in [6, 6.07) is -0.838. The minimum absolute atomic E-state index is 0.0455. The van der Waals surface area contributed by atoms with E-state index in [9.17, 15) is 19.0 Å². The predicted octanol–water partition coefficient (Wildman–Crippen LogP) is 18.0. The number of hydrogen-bond acceptors (Lipinski definition) is 6. The average molecular weight is 999 g/mol. The number of carbonyl (C=O) groups is 2. The Kier molecular flexibility index (Phi) is 49.4. The van der Waals surface area contributed by atoms with E-state index < -0.39 is 20.0 Å². The molecule has 0 radical (unpaired) electrons. The summed E-state index contributed by atoms with van der Waals surface area (Å²) in [5.41, 5.74) is 0. The summed E-state index contributed by atoms with van der Waals surface area (Å²) in [7, 11) is 1.52. The molecule has 0 aromatic rings. The van der Waals surface area contributed by atoms with Crippen LogP contribution in [0, 0.1) is 0 Å². The standard InChI is InChI=1S/C59H117N2O7P/c1-7-10-13-16-19-22-25-27-29-30-32-34-37-40-43-46-49-52-59(63)68-57(50-47-44-41-38-35-24-21-18-15-12-9-3)56(55-67-69(64,65)66-54-53-61(4,5)6)60-58(62)51-48-45-42-39-36-33-31-28-26-23-20-17-14-11-8-2/h47,50,56-57H,7-46,48-49,51-55H2,1-6H3,(H-,60,62,64,65)/p+1/b50-47+. The molecule has 0 fully saturated rings. The number of hydrogen-bond donors (Lipinski definition) is 2. The van der Waals surface area contributed by atoms with Crippen LogP contribution in [0.1, 0.15) is 303 Å². The van der Waals surface area contributed by atoms with Crippen molar-refractivity contribution in [1.82, 2.24) is 5.32 Å². The first-order valence-electron chi connectivity index (χ1n) is 30.0. The lowest BCUT2D eigenvalue weighted by Crippen LogP contribution is -2.47. The van der Waals surface area contributed by atoms with Crippen LogP contribution in [0.5, 0.6) is 0 Å². The molecule has 0 aliphatic heterocycles. The minimum Gasteiger partial charge on any atom is -0.456 e. The Morgan fingerprint density at radius 3 is 1.19 bits per heavy atom. The molecular formula is C59H118N2O7P+. The van der Waals surface area contributed by atoms with Gasteiger partial charge in [-0.1, -0.05) is 271 Å². The zero-order chi connectivity index (χ0) is 50.8. The summed E-state index contributed by atoms with van der Waals surface area (Å²) in [5, 5.41) is 3.06. The number of amides is 1. The highest BCUT2D eigenvalue weighted by Gasteiger charge is 2.30. The third-order valence-corrected chi connectivity index (χ3v) is 14.7. The van der Waals surface area contributed by atoms with Gasteiger partial charge < -0.3 is 19.4 Å². The molecule has 3 unspecified atom stereocenters. The highest BCUT2D eigenvalue weighted by molar-refractivity contribution is 7.47. The number of unbranched alkanes of at least 4 members (excludes halogenated alkanes) is 39. The van der Waals surface area contributed by atoms with E-state index in [1.807, 2.05) is 33.3 Å². The number of quaternary nitrogens is 1. The van der Waals surface area contributed by atoms with Crippen LogP contribution < -0.4 is 5.32 Å². The van der Waals surface area contributed by atoms with Gasteiger partial charge in [0, 0.05) is 12.8 Å². The van der Waals surface area contributed by atoms with Crippen LogP contribution in [0.3, 0.4) is 0 Å². The first-order valence-corrected chi connectivity index (χ1v) is 31.5. The van der Waals surface area contributed by atoms with Gasteiger partial charge in [-0.2, -0.15) is 0 Å². The molecule has 0 spiro atoms. The number of likely N-dealkylation sites (N-methyl/N-ethyl adjacent to an activating group) is 1. The lowest BCUT2D eigenvalue weighted by molar-refractivity contribution is -0.870. The first-order chi connectivity index (χ1) is 33.4. The molecule has 9 nitrogen and oxygen atoms in total. The van der Waals surface area contributed by atoms with E-state index in [2.05, 4.69) is 26.1 Å². The Labute approximate surface area is 429 Å². The third-order valence-electron chi connectivity index (χ3n) is 13.7. The molecular weight excluding hydrogens is 880 g/mol. The molecule has 2 N–H and O–H groups in total. The van der Waals surface area contributed by atoms with Gasteiger partial charge >= 0.3 is 13.8 Å². The molecule has 3 atom stereocenters. The fourth-order valence-electron chi connectivity index (χ4n) is 9.06. The SMILES string of the molecule is CCCCCCCCCCC/C=C/C(OC(=O)CCCCCCCCCCCCCCCCCCC)C(COP(=O)(O)OCC[N+](C)(C)C)NC(=O)CCCCCCCCCCCCCCCCC. The molecule has 0 aliphatic carbocycles. The number of phosphoric ester groups is 1. The Bertz CT molecular complexity index is 1190. The van der Waals surface area contributed by atoms with Crippen LogP contribution in [0.15, 0.2) is 12.2 Å². The molecule has 0 saturated heterocycles. The van der Waals surface area contributed by atoms with Gasteiger partial charge in [0.1, 0.15) is 19.3 Å². The van der Waals surface area contributed by atoms with Crippen LogP contribution in [0.25, 0.3) is 0 Å². The Morgan fingerprint density at radius 2 is 0.826 bits per heavy atom. The number of nitrogens with zero attached hydrogens (tertiary/aromatic N) is 1. The average Bonchev–Trinajstić information content (AvgIpc) is 3.31. The summed E-state index contributed by atoms with van der Waals surface area (Å²) in [6.45, 7) is 7.05. The Hall–Kier alpha value is -1.25. The zero-order valence-corrected chi connectivity index (χ0v) is 47.7. The highest BCUT2D eigenvalue weighted by atomic mass is 31.2. The van der Waals surface area contributed by atoms with Gasteiger partial charge in [0.25, 0.3) is 0 Å². The molecule has 410 valence electrons. The summed E-state index contributed by atoms with van der Waals surface area (Å²) >= 11 is 0. The summed E-state index contributed by atoms with van der Waals surface area (Å²) < 4.78 is 30.6. The van der Waals surface area contributed by atoms with Crippen LogP contribution in [0.2, 0.25) is 0 Å². The van der Waals surface area contributed by atoms with Crippen molar-refractivity contribution >= 4 is 19.7 Å². The highest BCUT2D eigenvalue weighted by Crippen LogP contribution is 2.43. The molecule has 69 heavy (non-hydrogen) atoms. The molecule has 0 aromatic heterocycles. The van der Waals surface area contributed by atoms with Crippen molar-refractivity contribution in [3.05, 3.63) is 12.2 Å². The zero-order valence-electron chi connectivity index (χ0n) is 46.8. The number of phosphoric acid groups is 1. The number of nitrogens with one attached hydrogen (secondary N) is 1. The smallest absolute Gasteiger partial charge is 0.456 e. The number of carbonyl (C=O) groups excluding carboxylic acids is 2. The molecule has 0 aliphatic rings. The van der Waals surface area contributed by atoms with Gasteiger partial charge in [-0.15, -0.1) is 0 Å². The number of ether oxygens (including phenoxy) is 1. The van der Waals surface area contributed by atoms with Crippen LogP contribution in [-0.4, -0.2) is 74.3 Å². The number of allylic oxidation sites excluding steroid dienone is 1. The maximum absolute atomic E-state index is 13.5. The van der Waals surface area contributed by atoms with E-state index >= 15 is 0 Å². The van der Waals surface area contributed by atoms with Crippen molar-refractivity contribution in [2.24, 2.45) is 0 Å². The van der Waals surface area contributed by atoms with Gasteiger partial charge in [-0.25, -0.2) is 4.57 Å². The molecule has 0 saturated carbocycles. The van der Waals surface area contributed by atoms with Gasteiger partial charge in [0.15, 0.2) is 0 Å². The molecule has 0 heterocycles. The van der Waals surface area contributed by atoms with Gasteiger partial charge in [-0.3, -0.25) is 18.6 Å². The second-order valence-electron chi connectivity index (χ2n) is 21.9. The van der Waals surface area contributed by atoms with Gasteiger partial charge in [-0.05, 0) is 31.8 Å². The van der Waals surface area contributed by atoms with E-state index in [1.165, 1.54) is 212 Å². The van der Waals surface area contributed by atoms with Crippen molar-refractivity contribution in [2.75, 3.05) is 40.9 Å². The van der Waals surface area contributed by atoms with E-state index in [0.717, 1.165) is 57.8 Å². The Balaban J connectivity index is 5.23. The van der Waals surface area contributed by atoms with Crippen molar-refractivity contribution < 1.29 is 37.3 Å². The van der Waals surface area contributed by atoms with E-state index in [0.29, 0.717) is 23.9 Å².